The molecule has 0 aliphatic carbocycles. The highest BCUT2D eigenvalue weighted by molar-refractivity contribution is 9.10. The number of hydrazine groups is 1. The number of rotatable bonds is 5. The SMILES string of the molecule is NNC(CSc1ccccc1Br)c1ccc(F)c(F)c1. The quantitative estimate of drug-likeness (QED) is 0.481. The molecule has 0 fully saturated rings. The lowest BCUT2D eigenvalue weighted by molar-refractivity contribution is 0.502. The smallest absolute Gasteiger partial charge is 0.159 e. The Hall–Kier alpha value is -0.950. The maximum Gasteiger partial charge on any atom is 0.159 e. The molecule has 1 atom stereocenters. The van der Waals surface area contributed by atoms with Gasteiger partial charge in [-0.15, -0.1) is 11.8 Å². The van der Waals surface area contributed by atoms with Crippen molar-refractivity contribution in [3.05, 3.63) is 64.1 Å². The van der Waals surface area contributed by atoms with Crippen molar-refractivity contribution in [3.63, 3.8) is 0 Å². The highest BCUT2D eigenvalue weighted by atomic mass is 79.9. The van der Waals surface area contributed by atoms with Crippen LogP contribution in [0, 0.1) is 11.6 Å². The lowest BCUT2D eigenvalue weighted by Crippen LogP contribution is -2.29. The first-order chi connectivity index (χ1) is 9.61. The minimum Gasteiger partial charge on any atom is -0.271 e. The monoisotopic (exact) mass is 358 g/mol. The molecule has 0 aliphatic rings. The molecule has 0 aromatic heterocycles. The molecule has 106 valence electrons. The van der Waals surface area contributed by atoms with Crippen molar-refractivity contribution in [1.82, 2.24) is 5.43 Å². The van der Waals surface area contributed by atoms with Gasteiger partial charge in [-0.1, -0.05) is 18.2 Å². The summed E-state index contributed by atoms with van der Waals surface area (Å²) < 4.78 is 27.2. The number of benzene rings is 2. The van der Waals surface area contributed by atoms with Gasteiger partial charge in [-0.25, -0.2) is 8.78 Å². The van der Waals surface area contributed by atoms with Crippen molar-refractivity contribution in [2.24, 2.45) is 5.84 Å². The van der Waals surface area contributed by atoms with Crippen LogP contribution < -0.4 is 11.3 Å². The number of thioether (sulfide) groups is 1. The van der Waals surface area contributed by atoms with Gasteiger partial charge in [0.1, 0.15) is 0 Å². The van der Waals surface area contributed by atoms with Gasteiger partial charge in [-0.2, -0.15) is 0 Å². The first-order valence-electron chi connectivity index (χ1n) is 5.90. The van der Waals surface area contributed by atoms with E-state index in [2.05, 4.69) is 21.4 Å². The molecular weight excluding hydrogens is 346 g/mol. The molecule has 2 aromatic rings. The van der Waals surface area contributed by atoms with E-state index in [-0.39, 0.29) is 6.04 Å². The van der Waals surface area contributed by atoms with E-state index in [1.54, 1.807) is 11.8 Å². The normalized spacial score (nSPS) is 12.4. The van der Waals surface area contributed by atoms with Crippen LogP contribution in [0.2, 0.25) is 0 Å². The molecule has 6 heteroatoms. The topological polar surface area (TPSA) is 38.0 Å². The molecule has 0 heterocycles. The molecule has 2 aromatic carbocycles. The van der Waals surface area contributed by atoms with Gasteiger partial charge in [0.25, 0.3) is 0 Å². The van der Waals surface area contributed by atoms with Crippen LogP contribution in [0.5, 0.6) is 0 Å². The molecule has 0 aliphatic heterocycles. The molecule has 0 saturated carbocycles. The fourth-order valence-electron chi connectivity index (χ4n) is 1.70. The molecule has 0 bridgehead atoms. The Balaban J connectivity index is 2.09. The van der Waals surface area contributed by atoms with Gasteiger partial charge in [0.05, 0.1) is 6.04 Å². The van der Waals surface area contributed by atoms with E-state index in [1.165, 1.54) is 12.1 Å². The standard InChI is InChI=1S/C14H13BrF2N2S/c15-10-3-1-2-4-14(10)20-8-13(19-18)9-5-6-11(16)12(17)7-9/h1-7,13,19H,8,18H2. The Morgan fingerprint density at radius 1 is 1.15 bits per heavy atom. The second-order valence-corrected chi connectivity index (χ2v) is 6.05. The van der Waals surface area contributed by atoms with Gasteiger partial charge < -0.3 is 0 Å². The average Bonchev–Trinajstić information content (AvgIpc) is 2.45. The average molecular weight is 359 g/mol. The van der Waals surface area contributed by atoms with Gasteiger partial charge in [-0.05, 0) is 45.8 Å². The third-order valence-corrected chi connectivity index (χ3v) is 4.91. The van der Waals surface area contributed by atoms with Crippen LogP contribution in [0.4, 0.5) is 8.78 Å². The Bertz CT molecular complexity index is 595. The minimum atomic E-state index is -0.867. The molecule has 1 unspecified atom stereocenters. The van der Waals surface area contributed by atoms with Crippen molar-refractivity contribution in [1.29, 1.82) is 0 Å². The lowest BCUT2D eigenvalue weighted by Gasteiger charge is -2.16. The summed E-state index contributed by atoms with van der Waals surface area (Å²) in [7, 11) is 0. The fraction of sp³-hybridized carbons (Fsp3) is 0.143. The summed E-state index contributed by atoms with van der Waals surface area (Å²) in [6.45, 7) is 0. The zero-order chi connectivity index (χ0) is 14.5. The molecule has 0 radical (unpaired) electrons. The Morgan fingerprint density at radius 2 is 1.90 bits per heavy atom. The third kappa shape index (κ3) is 3.79. The number of hydrogen-bond donors (Lipinski definition) is 2. The number of hydrogen-bond acceptors (Lipinski definition) is 3. The van der Waals surface area contributed by atoms with Gasteiger partial charge in [0.15, 0.2) is 11.6 Å². The third-order valence-electron chi connectivity index (χ3n) is 2.79. The first kappa shape index (κ1) is 15.4. The van der Waals surface area contributed by atoms with E-state index in [1.807, 2.05) is 24.3 Å². The maximum absolute atomic E-state index is 13.2. The van der Waals surface area contributed by atoms with E-state index in [4.69, 9.17) is 5.84 Å². The molecule has 0 amide bonds. The van der Waals surface area contributed by atoms with Crippen molar-refractivity contribution in [3.8, 4) is 0 Å². The summed E-state index contributed by atoms with van der Waals surface area (Å²) in [4.78, 5) is 1.07. The van der Waals surface area contributed by atoms with Crippen LogP contribution in [0.1, 0.15) is 11.6 Å². The molecule has 0 saturated heterocycles. The summed E-state index contributed by atoms with van der Waals surface area (Å²) in [6, 6.07) is 11.3. The molecule has 0 spiro atoms. The number of nitrogens with two attached hydrogens (primary N) is 1. The lowest BCUT2D eigenvalue weighted by atomic mass is 10.1. The predicted octanol–water partition coefficient (Wildman–Crippen LogP) is 4.02. The largest absolute Gasteiger partial charge is 0.271 e. The van der Waals surface area contributed by atoms with Crippen molar-refractivity contribution < 1.29 is 8.78 Å². The number of halogens is 3. The first-order valence-corrected chi connectivity index (χ1v) is 7.68. The zero-order valence-corrected chi connectivity index (χ0v) is 12.8. The molecule has 2 nitrogen and oxygen atoms in total. The summed E-state index contributed by atoms with van der Waals surface area (Å²) >= 11 is 5.04. The summed E-state index contributed by atoms with van der Waals surface area (Å²) in [5.74, 6) is 4.38. The van der Waals surface area contributed by atoms with Gasteiger partial charge in [0, 0.05) is 15.1 Å². The Kier molecular flexibility index (Phi) is 5.54. The molecule has 20 heavy (non-hydrogen) atoms. The fourth-order valence-corrected chi connectivity index (χ4v) is 3.35. The van der Waals surface area contributed by atoms with Crippen LogP contribution in [0.25, 0.3) is 0 Å². The van der Waals surface area contributed by atoms with Crippen LogP contribution in [0.3, 0.4) is 0 Å². The van der Waals surface area contributed by atoms with E-state index >= 15 is 0 Å². The maximum atomic E-state index is 13.2. The van der Waals surface area contributed by atoms with Gasteiger partial charge >= 0.3 is 0 Å². The van der Waals surface area contributed by atoms with Crippen molar-refractivity contribution >= 4 is 27.7 Å². The number of nitrogens with one attached hydrogen (secondary N) is 1. The van der Waals surface area contributed by atoms with Crippen LogP contribution in [-0.2, 0) is 0 Å². The summed E-state index contributed by atoms with van der Waals surface area (Å²) in [6.07, 6.45) is 0. The molecular formula is C14H13BrF2N2S. The minimum absolute atomic E-state index is 0.262. The van der Waals surface area contributed by atoms with E-state index in [0.29, 0.717) is 11.3 Å². The Morgan fingerprint density at radius 3 is 2.55 bits per heavy atom. The van der Waals surface area contributed by atoms with E-state index < -0.39 is 11.6 Å². The summed E-state index contributed by atoms with van der Waals surface area (Å²) in [5, 5.41) is 0. The summed E-state index contributed by atoms with van der Waals surface area (Å²) in [5.41, 5.74) is 3.25. The zero-order valence-electron chi connectivity index (χ0n) is 10.4. The second kappa shape index (κ2) is 7.17. The van der Waals surface area contributed by atoms with Crippen molar-refractivity contribution in [2.75, 3.05) is 5.75 Å². The second-order valence-electron chi connectivity index (χ2n) is 4.13. The highest BCUT2D eigenvalue weighted by Crippen LogP contribution is 2.30. The molecule has 3 N–H and O–H groups in total. The van der Waals surface area contributed by atoms with Crippen molar-refractivity contribution in [2.45, 2.75) is 10.9 Å². The Labute approximate surface area is 128 Å². The van der Waals surface area contributed by atoms with E-state index in [9.17, 15) is 8.78 Å². The highest BCUT2D eigenvalue weighted by Gasteiger charge is 2.13. The van der Waals surface area contributed by atoms with Gasteiger partial charge in [0.2, 0.25) is 0 Å². The molecule has 2 rings (SSSR count). The van der Waals surface area contributed by atoms with Crippen LogP contribution >= 0.6 is 27.7 Å². The van der Waals surface area contributed by atoms with Gasteiger partial charge in [-0.3, -0.25) is 11.3 Å². The van der Waals surface area contributed by atoms with E-state index in [0.717, 1.165) is 15.4 Å². The van der Waals surface area contributed by atoms with Crippen LogP contribution in [0.15, 0.2) is 51.8 Å². The van der Waals surface area contributed by atoms with Crippen LogP contribution in [-0.4, -0.2) is 5.75 Å². The predicted molar refractivity (Wildman–Crippen MR) is 81.3 cm³/mol.